The van der Waals surface area contributed by atoms with E-state index >= 15 is 0 Å². The summed E-state index contributed by atoms with van der Waals surface area (Å²) in [5, 5.41) is 12.1. The maximum Gasteiger partial charge on any atom is 0.0490 e. The van der Waals surface area contributed by atoms with E-state index in [1.807, 2.05) is 0 Å². The minimum Gasteiger partial charge on any atom is -0.396 e. The molecule has 1 nitrogen and oxygen atoms in total. The van der Waals surface area contributed by atoms with Crippen LogP contribution in [0.15, 0.2) is 42.5 Å². The molecule has 0 aliphatic heterocycles. The maximum absolute atomic E-state index is 9.51. The SMILES string of the molecule is OCC1(Cc2ccc3ccccc3c2)CCC1. The molecule has 1 aliphatic rings. The Labute approximate surface area is 102 Å². The van der Waals surface area contributed by atoms with E-state index in [2.05, 4.69) is 42.5 Å². The lowest BCUT2D eigenvalue weighted by Gasteiger charge is -2.40. The van der Waals surface area contributed by atoms with E-state index in [0.29, 0.717) is 6.61 Å². The molecule has 17 heavy (non-hydrogen) atoms. The van der Waals surface area contributed by atoms with Gasteiger partial charge in [0.05, 0.1) is 0 Å². The average molecular weight is 226 g/mol. The molecule has 2 aromatic rings. The normalized spacial score (nSPS) is 17.9. The lowest BCUT2D eigenvalue weighted by molar-refractivity contribution is 0.0450. The van der Waals surface area contributed by atoms with Crippen molar-refractivity contribution in [2.45, 2.75) is 25.7 Å². The van der Waals surface area contributed by atoms with Crippen LogP contribution < -0.4 is 0 Å². The highest BCUT2D eigenvalue weighted by Crippen LogP contribution is 2.43. The Morgan fingerprint density at radius 3 is 2.41 bits per heavy atom. The van der Waals surface area contributed by atoms with E-state index in [9.17, 15) is 5.11 Å². The van der Waals surface area contributed by atoms with Crippen molar-refractivity contribution < 1.29 is 5.11 Å². The fourth-order valence-electron chi connectivity index (χ4n) is 2.85. The summed E-state index contributed by atoms with van der Waals surface area (Å²) < 4.78 is 0. The van der Waals surface area contributed by atoms with Gasteiger partial charge in [0.1, 0.15) is 0 Å². The molecule has 0 aromatic heterocycles. The second-order valence-electron chi connectivity index (χ2n) is 5.37. The first-order valence-corrected chi connectivity index (χ1v) is 6.40. The van der Waals surface area contributed by atoms with Crippen LogP contribution in [-0.2, 0) is 6.42 Å². The number of aliphatic hydroxyl groups excluding tert-OH is 1. The highest BCUT2D eigenvalue weighted by molar-refractivity contribution is 5.83. The Balaban J connectivity index is 1.90. The summed E-state index contributed by atoms with van der Waals surface area (Å²) in [5.74, 6) is 0. The molecule has 0 heterocycles. The predicted molar refractivity (Wildman–Crippen MR) is 71.0 cm³/mol. The monoisotopic (exact) mass is 226 g/mol. The third-order valence-electron chi connectivity index (χ3n) is 4.14. The van der Waals surface area contributed by atoms with Gasteiger partial charge in [-0.05, 0) is 41.0 Å². The maximum atomic E-state index is 9.51. The Hall–Kier alpha value is -1.34. The molecule has 1 heteroatoms. The van der Waals surface area contributed by atoms with E-state index in [-0.39, 0.29) is 5.41 Å². The van der Waals surface area contributed by atoms with Crippen molar-refractivity contribution in [1.82, 2.24) is 0 Å². The van der Waals surface area contributed by atoms with Gasteiger partial charge in [-0.1, -0.05) is 48.9 Å². The number of hydrogen-bond donors (Lipinski definition) is 1. The molecule has 0 bridgehead atoms. The van der Waals surface area contributed by atoms with Gasteiger partial charge in [-0.25, -0.2) is 0 Å². The molecular formula is C16H18O. The van der Waals surface area contributed by atoms with Crippen LogP contribution >= 0.6 is 0 Å². The number of hydrogen-bond acceptors (Lipinski definition) is 1. The molecule has 1 fully saturated rings. The van der Waals surface area contributed by atoms with Crippen LogP contribution in [0.1, 0.15) is 24.8 Å². The minimum atomic E-state index is 0.183. The summed E-state index contributed by atoms with van der Waals surface area (Å²) >= 11 is 0. The number of fused-ring (bicyclic) bond motifs is 1. The Bertz CT molecular complexity index is 520. The molecule has 1 N–H and O–H groups in total. The summed E-state index contributed by atoms with van der Waals surface area (Å²) in [5.41, 5.74) is 1.54. The third-order valence-corrected chi connectivity index (χ3v) is 4.14. The fraction of sp³-hybridized carbons (Fsp3) is 0.375. The molecule has 0 atom stereocenters. The summed E-state index contributed by atoms with van der Waals surface area (Å²) in [7, 11) is 0. The van der Waals surface area contributed by atoms with Gasteiger partial charge in [0, 0.05) is 6.61 Å². The van der Waals surface area contributed by atoms with Crippen molar-refractivity contribution >= 4 is 10.8 Å². The zero-order valence-corrected chi connectivity index (χ0v) is 10.0. The van der Waals surface area contributed by atoms with Crippen LogP contribution in [0.25, 0.3) is 10.8 Å². The zero-order chi connectivity index (χ0) is 11.7. The summed E-state index contributed by atoms with van der Waals surface area (Å²) in [4.78, 5) is 0. The van der Waals surface area contributed by atoms with Crippen molar-refractivity contribution in [2.24, 2.45) is 5.41 Å². The molecule has 0 amide bonds. The Kier molecular flexibility index (Phi) is 2.64. The largest absolute Gasteiger partial charge is 0.396 e. The topological polar surface area (TPSA) is 20.2 Å². The van der Waals surface area contributed by atoms with Crippen LogP contribution in [0.2, 0.25) is 0 Å². The first kappa shape index (κ1) is 10.8. The molecule has 3 rings (SSSR count). The number of benzene rings is 2. The van der Waals surface area contributed by atoms with Gasteiger partial charge in [0.2, 0.25) is 0 Å². The Morgan fingerprint density at radius 1 is 1.00 bits per heavy atom. The molecule has 0 radical (unpaired) electrons. The third kappa shape index (κ3) is 1.96. The molecule has 0 saturated heterocycles. The van der Waals surface area contributed by atoms with Gasteiger partial charge >= 0.3 is 0 Å². The van der Waals surface area contributed by atoms with E-state index < -0.39 is 0 Å². The first-order chi connectivity index (χ1) is 8.31. The van der Waals surface area contributed by atoms with Crippen molar-refractivity contribution in [3.63, 3.8) is 0 Å². The van der Waals surface area contributed by atoms with E-state index in [1.54, 1.807) is 0 Å². The molecule has 88 valence electrons. The van der Waals surface area contributed by atoms with Crippen molar-refractivity contribution in [1.29, 1.82) is 0 Å². The van der Waals surface area contributed by atoms with E-state index in [1.165, 1.54) is 35.6 Å². The molecule has 0 spiro atoms. The number of rotatable bonds is 3. The Morgan fingerprint density at radius 2 is 1.76 bits per heavy atom. The standard InChI is InChI=1S/C16H18O/c17-12-16(8-3-9-16)11-13-6-7-14-4-1-2-5-15(14)10-13/h1-2,4-7,10,17H,3,8-9,11-12H2. The molecule has 1 saturated carbocycles. The van der Waals surface area contributed by atoms with Gasteiger partial charge < -0.3 is 5.11 Å². The van der Waals surface area contributed by atoms with Gasteiger partial charge in [0.25, 0.3) is 0 Å². The van der Waals surface area contributed by atoms with Crippen molar-refractivity contribution in [3.8, 4) is 0 Å². The highest BCUT2D eigenvalue weighted by atomic mass is 16.3. The van der Waals surface area contributed by atoms with Gasteiger partial charge in [0.15, 0.2) is 0 Å². The second-order valence-corrected chi connectivity index (χ2v) is 5.37. The van der Waals surface area contributed by atoms with Gasteiger partial charge in [-0.15, -0.1) is 0 Å². The van der Waals surface area contributed by atoms with Gasteiger partial charge in [-0.2, -0.15) is 0 Å². The molecular weight excluding hydrogens is 208 g/mol. The van der Waals surface area contributed by atoms with Crippen LogP contribution in [-0.4, -0.2) is 11.7 Å². The quantitative estimate of drug-likeness (QED) is 0.848. The summed E-state index contributed by atoms with van der Waals surface area (Å²) in [6, 6.07) is 15.1. The molecule has 0 unspecified atom stereocenters. The number of aliphatic hydroxyl groups is 1. The molecule has 2 aromatic carbocycles. The fourth-order valence-corrected chi connectivity index (χ4v) is 2.85. The predicted octanol–water partition coefficient (Wildman–Crippen LogP) is 3.54. The molecule has 1 aliphatic carbocycles. The van der Waals surface area contributed by atoms with Crippen LogP contribution in [0, 0.1) is 5.41 Å². The smallest absolute Gasteiger partial charge is 0.0490 e. The average Bonchev–Trinajstić information content (AvgIpc) is 2.34. The van der Waals surface area contributed by atoms with Crippen molar-refractivity contribution in [3.05, 3.63) is 48.0 Å². The lowest BCUT2D eigenvalue weighted by atomic mass is 9.66. The van der Waals surface area contributed by atoms with Crippen LogP contribution in [0.5, 0.6) is 0 Å². The first-order valence-electron chi connectivity index (χ1n) is 6.40. The summed E-state index contributed by atoms with van der Waals surface area (Å²) in [6.45, 7) is 0.333. The lowest BCUT2D eigenvalue weighted by Crippen LogP contribution is -2.35. The zero-order valence-electron chi connectivity index (χ0n) is 10.0. The minimum absolute atomic E-state index is 0.183. The van der Waals surface area contributed by atoms with Crippen molar-refractivity contribution in [2.75, 3.05) is 6.61 Å². The summed E-state index contributed by atoms with van der Waals surface area (Å²) in [6.07, 6.45) is 4.65. The van der Waals surface area contributed by atoms with E-state index in [4.69, 9.17) is 0 Å². The second kappa shape index (κ2) is 4.15. The van der Waals surface area contributed by atoms with Gasteiger partial charge in [-0.3, -0.25) is 0 Å². The van der Waals surface area contributed by atoms with E-state index in [0.717, 1.165) is 6.42 Å². The van der Waals surface area contributed by atoms with Crippen LogP contribution in [0.3, 0.4) is 0 Å². The van der Waals surface area contributed by atoms with Crippen LogP contribution in [0.4, 0.5) is 0 Å². The highest BCUT2D eigenvalue weighted by Gasteiger charge is 2.36.